The second kappa shape index (κ2) is 5.31. The van der Waals surface area contributed by atoms with Crippen molar-refractivity contribution in [1.29, 1.82) is 0 Å². The minimum atomic E-state index is -0.261. The lowest BCUT2D eigenvalue weighted by molar-refractivity contribution is -0.122. The zero-order valence-corrected chi connectivity index (χ0v) is 9.59. The van der Waals surface area contributed by atoms with E-state index < -0.39 is 0 Å². The van der Waals surface area contributed by atoms with Crippen LogP contribution in [0.4, 0.5) is 0 Å². The van der Waals surface area contributed by atoms with Gasteiger partial charge in [0, 0.05) is 18.0 Å². The lowest BCUT2D eigenvalue weighted by Gasteiger charge is -2.33. The van der Waals surface area contributed by atoms with Gasteiger partial charge < -0.3 is 11.1 Å². The third-order valence-corrected chi connectivity index (χ3v) is 3.10. The molecule has 1 unspecified atom stereocenters. The van der Waals surface area contributed by atoms with Crippen LogP contribution in [-0.2, 0) is 4.79 Å². The van der Waals surface area contributed by atoms with Crippen LogP contribution < -0.4 is 11.1 Å². The molecule has 3 nitrogen and oxygen atoms in total. The van der Waals surface area contributed by atoms with Gasteiger partial charge in [-0.15, -0.1) is 6.58 Å². The molecule has 0 bridgehead atoms. The smallest absolute Gasteiger partial charge is 0.222 e. The van der Waals surface area contributed by atoms with Gasteiger partial charge in [-0.25, -0.2) is 0 Å². The topological polar surface area (TPSA) is 55.1 Å². The summed E-state index contributed by atoms with van der Waals surface area (Å²) in [7, 11) is 0. The van der Waals surface area contributed by atoms with Gasteiger partial charge in [0.15, 0.2) is 0 Å². The van der Waals surface area contributed by atoms with Crippen LogP contribution in [0.5, 0.6) is 0 Å². The normalized spacial score (nSPS) is 21.7. The van der Waals surface area contributed by atoms with Crippen molar-refractivity contribution in [2.45, 2.75) is 57.0 Å². The molecule has 3 heteroatoms. The van der Waals surface area contributed by atoms with E-state index in [0.717, 1.165) is 25.7 Å². The fourth-order valence-corrected chi connectivity index (χ4v) is 2.12. The van der Waals surface area contributed by atoms with Crippen molar-refractivity contribution in [2.75, 3.05) is 0 Å². The molecule has 0 saturated heterocycles. The maximum absolute atomic E-state index is 11.6. The molecule has 0 heterocycles. The summed E-state index contributed by atoms with van der Waals surface area (Å²) in [4.78, 5) is 11.6. The Hall–Kier alpha value is -0.830. The Bertz CT molecular complexity index is 232. The summed E-state index contributed by atoms with van der Waals surface area (Å²) in [5.41, 5.74) is 5.93. The number of nitrogens with one attached hydrogen (secondary N) is 1. The SMILES string of the molecule is C=CC(C)NC(=O)CC1(N)CCCCC1. The predicted octanol–water partition coefficient (Wildman–Crippen LogP) is 1.73. The van der Waals surface area contributed by atoms with Gasteiger partial charge in [0.25, 0.3) is 0 Å². The van der Waals surface area contributed by atoms with Crippen LogP contribution in [0.25, 0.3) is 0 Å². The van der Waals surface area contributed by atoms with Gasteiger partial charge in [-0.05, 0) is 19.8 Å². The number of carbonyl (C=O) groups is 1. The molecule has 0 spiro atoms. The molecule has 1 aliphatic carbocycles. The lowest BCUT2D eigenvalue weighted by atomic mass is 9.80. The first-order chi connectivity index (χ1) is 7.06. The molecule has 0 aromatic carbocycles. The highest BCUT2D eigenvalue weighted by Crippen LogP contribution is 2.28. The van der Waals surface area contributed by atoms with E-state index >= 15 is 0 Å². The average Bonchev–Trinajstić information content (AvgIpc) is 2.17. The Labute approximate surface area is 92.1 Å². The molecule has 1 atom stereocenters. The average molecular weight is 210 g/mol. The van der Waals surface area contributed by atoms with Crippen LogP contribution in [-0.4, -0.2) is 17.5 Å². The van der Waals surface area contributed by atoms with Gasteiger partial charge >= 0.3 is 0 Å². The first-order valence-corrected chi connectivity index (χ1v) is 5.76. The minimum absolute atomic E-state index is 0.0321. The third kappa shape index (κ3) is 4.04. The molecular weight excluding hydrogens is 188 g/mol. The third-order valence-electron chi connectivity index (χ3n) is 3.10. The van der Waals surface area contributed by atoms with Gasteiger partial charge in [-0.3, -0.25) is 4.79 Å². The molecule has 1 amide bonds. The summed E-state index contributed by atoms with van der Waals surface area (Å²) in [5.74, 6) is 0.0480. The first kappa shape index (κ1) is 12.2. The van der Waals surface area contributed by atoms with E-state index in [1.165, 1.54) is 6.42 Å². The standard InChI is InChI=1S/C12H22N2O/c1-3-10(2)14-11(15)9-12(13)7-5-4-6-8-12/h3,10H,1,4-9,13H2,2H3,(H,14,15). The highest BCUT2D eigenvalue weighted by Gasteiger charge is 2.29. The predicted molar refractivity (Wildman–Crippen MR) is 62.4 cm³/mol. The van der Waals surface area contributed by atoms with Crippen molar-refractivity contribution in [3.8, 4) is 0 Å². The van der Waals surface area contributed by atoms with Gasteiger partial charge in [-0.1, -0.05) is 25.3 Å². The number of hydrogen-bond acceptors (Lipinski definition) is 2. The van der Waals surface area contributed by atoms with E-state index in [1.807, 2.05) is 6.92 Å². The monoisotopic (exact) mass is 210 g/mol. The Morgan fingerprint density at radius 3 is 2.67 bits per heavy atom. The zero-order chi connectivity index (χ0) is 11.3. The number of rotatable bonds is 4. The molecular formula is C12H22N2O. The summed E-state index contributed by atoms with van der Waals surface area (Å²) in [6.07, 6.45) is 7.68. The number of amides is 1. The maximum atomic E-state index is 11.6. The molecule has 1 saturated carbocycles. The van der Waals surface area contributed by atoms with Crippen LogP contribution in [0, 0.1) is 0 Å². The summed E-state index contributed by atoms with van der Waals surface area (Å²) >= 11 is 0. The molecule has 0 radical (unpaired) electrons. The minimum Gasteiger partial charge on any atom is -0.350 e. The fourth-order valence-electron chi connectivity index (χ4n) is 2.12. The summed E-state index contributed by atoms with van der Waals surface area (Å²) in [6.45, 7) is 5.54. The highest BCUT2D eigenvalue weighted by molar-refractivity contribution is 5.77. The van der Waals surface area contributed by atoms with Gasteiger partial charge in [-0.2, -0.15) is 0 Å². The van der Waals surface area contributed by atoms with Crippen LogP contribution in [0.15, 0.2) is 12.7 Å². The van der Waals surface area contributed by atoms with Crippen molar-refractivity contribution >= 4 is 5.91 Å². The molecule has 1 fully saturated rings. The molecule has 1 rings (SSSR count). The Morgan fingerprint density at radius 2 is 2.13 bits per heavy atom. The van der Waals surface area contributed by atoms with E-state index in [-0.39, 0.29) is 17.5 Å². The van der Waals surface area contributed by atoms with E-state index in [9.17, 15) is 4.79 Å². The summed E-state index contributed by atoms with van der Waals surface area (Å²) in [5, 5.41) is 2.87. The molecule has 0 aromatic heterocycles. The maximum Gasteiger partial charge on any atom is 0.222 e. The van der Waals surface area contributed by atoms with Gasteiger partial charge in [0.05, 0.1) is 0 Å². The lowest BCUT2D eigenvalue weighted by Crippen LogP contribution is -2.47. The van der Waals surface area contributed by atoms with Crippen LogP contribution in [0.1, 0.15) is 45.4 Å². The largest absolute Gasteiger partial charge is 0.350 e. The molecule has 0 aromatic rings. The van der Waals surface area contributed by atoms with E-state index in [2.05, 4.69) is 11.9 Å². The molecule has 3 N–H and O–H groups in total. The van der Waals surface area contributed by atoms with E-state index in [0.29, 0.717) is 6.42 Å². The number of carbonyl (C=O) groups excluding carboxylic acids is 1. The van der Waals surface area contributed by atoms with Crippen LogP contribution in [0.3, 0.4) is 0 Å². The molecule has 1 aliphatic rings. The quantitative estimate of drug-likeness (QED) is 0.694. The summed E-state index contributed by atoms with van der Waals surface area (Å²) in [6, 6.07) is 0.0321. The van der Waals surface area contributed by atoms with Gasteiger partial charge in [0.1, 0.15) is 0 Å². The Kier molecular flexibility index (Phi) is 4.33. The second-order valence-corrected chi connectivity index (χ2v) is 4.69. The van der Waals surface area contributed by atoms with Crippen molar-refractivity contribution < 1.29 is 4.79 Å². The molecule has 0 aliphatic heterocycles. The van der Waals surface area contributed by atoms with E-state index in [1.54, 1.807) is 6.08 Å². The van der Waals surface area contributed by atoms with Crippen LogP contribution >= 0.6 is 0 Å². The van der Waals surface area contributed by atoms with Crippen molar-refractivity contribution in [3.05, 3.63) is 12.7 Å². The van der Waals surface area contributed by atoms with Gasteiger partial charge in [0.2, 0.25) is 5.91 Å². The molecule has 86 valence electrons. The second-order valence-electron chi connectivity index (χ2n) is 4.69. The van der Waals surface area contributed by atoms with E-state index in [4.69, 9.17) is 5.73 Å². The Morgan fingerprint density at radius 1 is 1.53 bits per heavy atom. The molecule has 15 heavy (non-hydrogen) atoms. The number of hydrogen-bond donors (Lipinski definition) is 2. The van der Waals surface area contributed by atoms with Crippen molar-refractivity contribution in [1.82, 2.24) is 5.32 Å². The van der Waals surface area contributed by atoms with Crippen LogP contribution in [0.2, 0.25) is 0 Å². The summed E-state index contributed by atoms with van der Waals surface area (Å²) < 4.78 is 0. The number of nitrogens with two attached hydrogens (primary N) is 1. The fraction of sp³-hybridized carbons (Fsp3) is 0.750. The Balaban J connectivity index is 2.38. The zero-order valence-electron chi connectivity index (χ0n) is 9.59. The van der Waals surface area contributed by atoms with Crippen molar-refractivity contribution in [2.24, 2.45) is 5.73 Å². The first-order valence-electron chi connectivity index (χ1n) is 5.76. The highest BCUT2D eigenvalue weighted by atomic mass is 16.1. The van der Waals surface area contributed by atoms with Crippen molar-refractivity contribution in [3.63, 3.8) is 0 Å².